The molecule has 2 rings (SSSR count). The molecule has 0 saturated carbocycles. The van der Waals surface area contributed by atoms with Crippen LogP contribution in [0.3, 0.4) is 0 Å². The molecule has 1 aliphatic rings. The molecule has 0 radical (unpaired) electrons. The van der Waals surface area contributed by atoms with Crippen LogP contribution in [-0.4, -0.2) is 25.5 Å². The molecule has 1 aromatic carbocycles. The first-order valence-corrected chi connectivity index (χ1v) is 6.26. The number of carbonyl (C=O) groups excluding carboxylic acids is 1. The third kappa shape index (κ3) is 3.24. The van der Waals surface area contributed by atoms with Crippen molar-refractivity contribution in [3.63, 3.8) is 0 Å². The second kappa shape index (κ2) is 5.89. The van der Waals surface area contributed by atoms with Crippen molar-refractivity contribution in [2.24, 2.45) is 5.73 Å². The lowest BCUT2D eigenvalue weighted by Crippen LogP contribution is -2.23. The van der Waals surface area contributed by atoms with Gasteiger partial charge in [-0.1, -0.05) is 23.3 Å². The summed E-state index contributed by atoms with van der Waals surface area (Å²) in [6, 6.07) is 5.11. The number of halogens is 1. The van der Waals surface area contributed by atoms with Crippen LogP contribution in [0.5, 0.6) is 0 Å². The highest BCUT2D eigenvalue weighted by atomic mass is 35.5. The van der Waals surface area contributed by atoms with Crippen molar-refractivity contribution >= 4 is 23.2 Å². The van der Waals surface area contributed by atoms with Crippen molar-refractivity contribution in [1.29, 1.82) is 0 Å². The number of anilines is 1. The van der Waals surface area contributed by atoms with Gasteiger partial charge < -0.3 is 16.4 Å². The molecule has 0 bridgehead atoms. The predicted molar refractivity (Wildman–Crippen MR) is 74.0 cm³/mol. The quantitative estimate of drug-likeness (QED) is 0.727. The molecule has 4 nitrogen and oxygen atoms in total. The van der Waals surface area contributed by atoms with Gasteiger partial charge in [0.2, 0.25) is 0 Å². The lowest BCUT2D eigenvalue weighted by Gasteiger charge is -2.16. The van der Waals surface area contributed by atoms with Crippen LogP contribution in [0.4, 0.5) is 5.69 Å². The highest BCUT2D eigenvalue weighted by Crippen LogP contribution is 2.20. The molecule has 0 aromatic heterocycles. The molecular formula is C13H16ClN3O. The van der Waals surface area contributed by atoms with Crippen LogP contribution in [0.1, 0.15) is 16.8 Å². The van der Waals surface area contributed by atoms with Crippen LogP contribution in [0, 0.1) is 0 Å². The molecule has 0 fully saturated rings. The summed E-state index contributed by atoms with van der Waals surface area (Å²) in [6.07, 6.45) is 3.18. The van der Waals surface area contributed by atoms with Gasteiger partial charge >= 0.3 is 0 Å². The molecule has 4 N–H and O–H groups in total. The lowest BCUT2D eigenvalue weighted by molar-refractivity contribution is 0.100. The molecule has 1 heterocycles. The fourth-order valence-corrected chi connectivity index (χ4v) is 2.09. The van der Waals surface area contributed by atoms with E-state index in [1.807, 2.05) is 0 Å². The Labute approximate surface area is 111 Å². The molecule has 96 valence electrons. The van der Waals surface area contributed by atoms with E-state index in [0.29, 0.717) is 10.6 Å². The van der Waals surface area contributed by atoms with Crippen LogP contribution in [0.15, 0.2) is 29.8 Å². The third-order valence-corrected chi connectivity index (χ3v) is 3.15. The molecule has 0 unspecified atom stereocenters. The minimum Gasteiger partial charge on any atom is -0.381 e. The number of nitrogens with one attached hydrogen (secondary N) is 2. The molecule has 1 aliphatic heterocycles. The van der Waals surface area contributed by atoms with Crippen molar-refractivity contribution in [3.8, 4) is 0 Å². The molecule has 1 aromatic rings. The minimum atomic E-state index is -0.473. The average molecular weight is 266 g/mol. The van der Waals surface area contributed by atoms with Gasteiger partial charge in [0, 0.05) is 23.8 Å². The van der Waals surface area contributed by atoms with E-state index < -0.39 is 5.91 Å². The summed E-state index contributed by atoms with van der Waals surface area (Å²) in [4.78, 5) is 11.3. The molecule has 0 aliphatic carbocycles. The Kier molecular flexibility index (Phi) is 4.23. The molecule has 0 saturated heterocycles. The van der Waals surface area contributed by atoms with Crippen molar-refractivity contribution in [2.75, 3.05) is 25.0 Å². The number of benzene rings is 1. The van der Waals surface area contributed by atoms with E-state index >= 15 is 0 Å². The zero-order valence-corrected chi connectivity index (χ0v) is 10.8. The zero-order valence-electron chi connectivity index (χ0n) is 10.0. The topological polar surface area (TPSA) is 67.2 Å². The maximum Gasteiger partial charge on any atom is 0.250 e. The molecule has 1 amide bonds. The van der Waals surface area contributed by atoms with E-state index in [4.69, 9.17) is 17.3 Å². The number of nitrogens with two attached hydrogens (primary N) is 1. The van der Waals surface area contributed by atoms with Crippen molar-refractivity contribution in [1.82, 2.24) is 5.32 Å². The van der Waals surface area contributed by atoms with Crippen molar-refractivity contribution in [2.45, 2.75) is 6.42 Å². The van der Waals surface area contributed by atoms with E-state index in [-0.39, 0.29) is 0 Å². The van der Waals surface area contributed by atoms with Crippen LogP contribution in [0.25, 0.3) is 0 Å². The molecular weight excluding hydrogens is 250 g/mol. The minimum absolute atomic E-state index is 0.428. The van der Waals surface area contributed by atoms with E-state index in [9.17, 15) is 4.79 Å². The van der Waals surface area contributed by atoms with Gasteiger partial charge in [0.05, 0.1) is 5.56 Å². The Bertz CT molecular complexity index is 485. The van der Waals surface area contributed by atoms with Crippen molar-refractivity contribution in [3.05, 3.63) is 40.4 Å². The Balaban J connectivity index is 2.08. The maximum absolute atomic E-state index is 11.3. The molecule has 18 heavy (non-hydrogen) atoms. The second-order valence-electron chi connectivity index (χ2n) is 4.22. The number of primary amides is 1. The number of hydrogen-bond donors (Lipinski definition) is 3. The van der Waals surface area contributed by atoms with Gasteiger partial charge in [-0.25, -0.2) is 0 Å². The fourth-order valence-electron chi connectivity index (χ4n) is 1.91. The first-order chi connectivity index (χ1) is 8.66. The summed E-state index contributed by atoms with van der Waals surface area (Å²) in [5.41, 5.74) is 7.82. The summed E-state index contributed by atoms with van der Waals surface area (Å²) in [7, 11) is 0. The number of hydrogen-bond acceptors (Lipinski definition) is 3. The third-order valence-electron chi connectivity index (χ3n) is 2.91. The Morgan fingerprint density at radius 2 is 2.33 bits per heavy atom. The highest BCUT2D eigenvalue weighted by molar-refractivity contribution is 6.31. The normalized spacial score (nSPS) is 15.1. The first kappa shape index (κ1) is 12.9. The Morgan fingerprint density at radius 1 is 1.50 bits per heavy atom. The summed E-state index contributed by atoms with van der Waals surface area (Å²) in [5, 5.41) is 7.00. The van der Waals surface area contributed by atoms with Gasteiger partial charge in [0.25, 0.3) is 5.91 Å². The zero-order chi connectivity index (χ0) is 13.0. The smallest absolute Gasteiger partial charge is 0.250 e. The van der Waals surface area contributed by atoms with E-state index in [1.165, 1.54) is 5.57 Å². The fraction of sp³-hybridized carbons (Fsp3) is 0.308. The molecule has 0 atom stereocenters. The summed E-state index contributed by atoms with van der Waals surface area (Å²) >= 11 is 5.85. The van der Waals surface area contributed by atoms with E-state index in [2.05, 4.69) is 16.7 Å². The summed E-state index contributed by atoms with van der Waals surface area (Å²) in [6.45, 7) is 2.63. The van der Waals surface area contributed by atoms with Crippen LogP contribution in [0.2, 0.25) is 5.02 Å². The molecule has 5 heteroatoms. The maximum atomic E-state index is 11.3. The highest BCUT2D eigenvalue weighted by Gasteiger charge is 2.09. The summed E-state index contributed by atoms with van der Waals surface area (Å²) in [5.74, 6) is -0.473. The van der Waals surface area contributed by atoms with Gasteiger partial charge in [-0.05, 0) is 31.2 Å². The van der Waals surface area contributed by atoms with Gasteiger partial charge in [0.1, 0.15) is 0 Å². The number of amides is 1. The molecule has 0 spiro atoms. The van der Waals surface area contributed by atoms with Crippen LogP contribution in [-0.2, 0) is 0 Å². The SMILES string of the molecule is NC(=O)c1cc(Cl)ccc1NCC1=CCNCC1. The standard InChI is InChI=1S/C13H16ClN3O/c14-10-1-2-12(11(7-10)13(15)18)17-8-9-3-5-16-6-4-9/h1-3,7,16-17H,4-6,8H2,(H2,15,18). The number of rotatable bonds is 4. The lowest BCUT2D eigenvalue weighted by atomic mass is 10.1. The average Bonchev–Trinajstić information content (AvgIpc) is 2.38. The monoisotopic (exact) mass is 265 g/mol. The van der Waals surface area contributed by atoms with E-state index in [0.717, 1.165) is 31.7 Å². The Hall–Kier alpha value is -1.52. The van der Waals surface area contributed by atoms with Gasteiger partial charge in [-0.2, -0.15) is 0 Å². The van der Waals surface area contributed by atoms with E-state index in [1.54, 1.807) is 18.2 Å². The van der Waals surface area contributed by atoms with Gasteiger partial charge in [0.15, 0.2) is 0 Å². The predicted octanol–water partition coefficient (Wildman–Crippen LogP) is 1.77. The summed E-state index contributed by atoms with van der Waals surface area (Å²) < 4.78 is 0. The first-order valence-electron chi connectivity index (χ1n) is 5.88. The van der Waals surface area contributed by atoms with Gasteiger partial charge in [-0.15, -0.1) is 0 Å². The second-order valence-corrected chi connectivity index (χ2v) is 4.66. The van der Waals surface area contributed by atoms with Crippen LogP contribution < -0.4 is 16.4 Å². The Morgan fingerprint density at radius 3 is 3.00 bits per heavy atom. The van der Waals surface area contributed by atoms with Crippen LogP contribution >= 0.6 is 11.6 Å². The van der Waals surface area contributed by atoms with Gasteiger partial charge in [-0.3, -0.25) is 4.79 Å². The number of carbonyl (C=O) groups is 1. The largest absolute Gasteiger partial charge is 0.381 e. The van der Waals surface area contributed by atoms with Crippen molar-refractivity contribution < 1.29 is 4.79 Å².